The Kier molecular flexibility index (Phi) is 5.14. The Morgan fingerprint density at radius 1 is 1.05 bits per heavy atom. The van der Waals surface area contributed by atoms with Crippen LogP contribution in [0.3, 0.4) is 0 Å². The van der Waals surface area contributed by atoms with Gasteiger partial charge in [-0.15, -0.1) is 0 Å². The van der Waals surface area contributed by atoms with Crippen LogP contribution in [0.2, 0.25) is 0 Å². The Hall–Kier alpha value is -2.82. The average molecular weight is 298 g/mol. The molecule has 5 heteroatoms. The van der Waals surface area contributed by atoms with Crippen molar-refractivity contribution < 1.29 is 14.3 Å². The molecule has 0 spiro atoms. The minimum Gasteiger partial charge on any atom is -0.465 e. The van der Waals surface area contributed by atoms with Gasteiger partial charge in [0.15, 0.2) is 0 Å². The highest BCUT2D eigenvalue weighted by atomic mass is 16.5. The lowest BCUT2D eigenvalue weighted by atomic mass is 10.1. The minimum atomic E-state index is -0.402. The van der Waals surface area contributed by atoms with Crippen molar-refractivity contribution in [2.45, 2.75) is 12.8 Å². The Bertz CT molecular complexity index is 649. The van der Waals surface area contributed by atoms with E-state index in [1.54, 1.807) is 24.3 Å². The fraction of sp³-hybridized carbons (Fsp3) is 0.176. The Labute approximate surface area is 129 Å². The number of aryl methyl sites for hydroxylation is 1. The first-order valence-electron chi connectivity index (χ1n) is 6.91. The van der Waals surface area contributed by atoms with Gasteiger partial charge in [0.2, 0.25) is 5.91 Å². The third-order valence-electron chi connectivity index (χ3n) is 3.21. The first kappa shape index (κ1) is 15.6. The van der Waals surface area contributed by atoms with Crippen LogP contribution >= 0.6 is 0 Å². The summed E-state index contributed by atoms with van der Waals surface area (Å²) in [5.74, 6) is -0.483. The molecule has 1 amide bonds. The molecule has 22 heavy (non-hydrogen) atoms. The van der Waals surface area contributed by atoms with E-state index < -0.39 is 5.97 Å². The molecule has 0 bridgehead atoms. The van der Waals surface area contributed by atoms with Crippen molar-refractivity contribution in [1.82, 2.24) is 0 Å². The number of carbonyl (C=O) groups excluding carboxylic acids is 2. The number of esters is 1. The van der Waals surface area contributed by atoms with Crippen LogP contribution in [0, 0.1) is 0 Å². The van der Waals surface area contributed by atoms with Gasteiger partial charge in [0.25, 0.3) is 0 Å². The predicted molar refractivity (Wildman–Crippen MR) is 85.6 cm³/mol. The smallest absolute Gasteiger partial charge is 0.337 e. The first-order chi connectivity index (χ1) is 10.6. The number of nitrogen functional groups attached to an aromatic ring is 1. The molecular formula is C17H18N2O3. The van der Waals surface area contributed by atoms with Crippen LogP contribution in [0.5, 0.6) is 0 Å². The fourth-order valence-corrected chi connectivity index (χ4v) is 1.97. The summed E-state index contributed by atoms with van der Waals surface area (Å²) in [6.45, 7) is 0. The van der Waals surface area contributed by atoms with Crippen LogP contribution in [0.15, 0.2) is 48.5 Å². The Morgan fingerprint density at radius 3 is 2.27 bits per heavy atom. The van der Waals surface area contributed by atoms with Gasteiger partial charge in [-0.05, 0) is 48.4 Å². The van der Waals surface area contributed by atoms with Crippen molar-refractivity contribution in [2.24, 2.45) is 0 Å². The van der Waals surface area contributed by atoms with Crippen molar-refractivity contribution in [3.63, 3.8) is 0 Å². The van der Waals surface area contributed by atoms with Gasteiger partial charge in [-0.1, -0.05) is 12.1 Å². The molecule has 0 atom stereocenters. The van der Waals surface area contributed by atoms with Crippen LogP contribution in [0.1, 0.15) is 22.3 Å². The molecule has 3 N–H and O–H groups in total. The number of methoxy groups -OCH3 is 1. The molecule has 0 aliphatic carbocycles. The van der Waals surface area contributed by atoms with E-state index in [2.05, 4.69) is 10.1 Å². The molecule has 0 saturated heterocycles. The second kappa shape index (κ2) is 7.26. The zero-order chi connectivity index (χ0) is 15.9. The monoisotopic (exact) mass is 298 g/mol. The molecule has 0 heterocycles. The molecular weight excluding hydrogens is 280 g/mol. The van der Waals surface area contributed by atoms with Crippen LogP contribution < -0.4 is 11.1 Å². The highest BCUT2D eigenvalue weighted by molar-refractivity contribution is 5.93. The maximum atomic E-state index is 11.9. The first-order valence-corrected chi connectivity index (χ1v) is 6.91. The number of hydrogen-bond donors (Lipinski definition) is 2. The second-order valence-corrected chi connectivity index (χ2v) is 4.86. The molecule has 2 aromatic carbocycles. The van der Waals surface area contributed by atoms with Crippen LogP contribution in [0.25, 0.3) is 0 Å². The summed E-state index contributed by atoms with van der Waals surface area (Å²) in [5.41, 5.74) is 8.48. The normalized spacial score (nSPS) is 10.0. The molecule has 0 aromatic heterocycles. The highest BCUT2D eigenvalue weighted by Crippen LogP contribution is 2.12. The molecule has 0 radical (unpaired) electrons. The number of benzene rings is 2. The van der Waals surface area contributed by atoms with Gasteiger partial charge in [0, 0.05) is 17.8 Å². The Morgan fingerprint density at radius 2 is 1.68 bits per heavy atom. The number of carbonyl (C=O) groups is 2. The van der Waals surface area contributed by atoms with Gasteiger partial charge in [-0.25, -0.2) is 4.79 Å². The third kappa shape index (κ3) is 4.34. The van der Waals surface area contributed by atoms with E-state index in [1.165, 1.54) is 7.11 Å². The number of anilines is 2. The van der Waals surface area contributed by atoms with Gasteiger partial charge < -0.3 is 15.8 Å². The molecule has 2 aromatic rings. The number of hydrogen-bond acceptors (Lipinski definition) is 4. The lowest BCUT2D eigenvalue weighted by Gasteiger charge is -2.06. The number of nitrogens with two attached hydrogens (primary N) is 1. The average Bonchev–Trinajstić information content (AvgIpc) is 2.54. The van der Waals surface area contributed by atoms with Crippen molar-refractivity contribution >= 4 is 23.3 Å². The number of nitrogens with one attached hydrogen (secondary N) is 1. The molecule has 0 fully saturated rings. The van der Waals surface area contributed by atoms with Gasteiger partial charge >= 0.3 is 5.97 Å². The summed E-state index contributed by atoms with van der Waals surface area (Å²) in [4.78, 5) is 23.2. The summed E-state index contributed by atoms with van der Waals surface area (Å²) in [6, 6.07) is 14.0. The molecule has 114 valence electrons. The zero-order valence-electron chi connectivity index (χ0n) is 12.3. The summed E-state index contributed by atoms with van der Waals surface area (Å²) in [7, 11) is 1.33. The van der Waals surface area contributed by atoms with Crippen LogP contribution in [0.4, 0.5) is 11.4 Å². The summed E-state index contributed by atoms with van der Waals surface area (Å²) >= 11 is 0. The van der Waals surface area contributed by atoms with E-state index in [9.17, 15) is 9.59 Å². The van der Waals surface area contributed by atoms with Gasteiger partial charge in [-0.3, -0.25) is 4.79 Å². The van der Waals surface area contributed by atoms with Crippen molar-refractivity contribution in [3.05, 3.63) is 59.7 Å². The van der Waals surface area contributed by atoms with Crippen LogP contribution in [-0.2, 0) is 16.0 Å². The molecule has 0 saturated carbocycles. The maximum Gasteiger partial charge on any atom is 0.337 e. The largest absolute Gasteiger partial charge is 0.465 e. The van der Waals surface area contributed by atoms with Crippen molar-refractivity contribution in [3.8, 4) is 0 Å². The van der Waals surface area contributed by atoms with E-state index in [1.807, 2.05) is 24.3 Å². The topological polar surface area (TPSA) is 81.4 Å². The van der Waals surface area contributed by atoms with Crippen molar-refractivity contribution in [1.29, 1.82) is 0 Å². The van der Waals surface area contributed by atoms with Gasteiger partial charge in [0.05, 0.1) is 12.7 Å². The van der Waals surface area contributed by atoms with Crippen molar-refractivity contribution in [2.75, 3.05) is 18.2 Å². The maximum absolute atomic E-state index is 11.9. The summed E-state index contributed by atoms with van der Waals surface area (Å²) < 4.78 is 4.62. The number of amides is 1. The van der Waals surface area contributed by atoms with E-state index in [0.29, 0.717) is 29.8 Å². The third-order valence-corrected chi connectivity index (χ3v) is 3.21. The van der Waals surface area contributed by atoms with Gasteiger partial charge in [-0.2, -0.15) is 0 Å². The van der Waals surface area contributed by atoms with E-state index in [4.69, 9.17) is 5.73 Å². The minimum absolute atomic E-state index is 0.0809. The fourth-order valence-electron chi connectivity index (χ4n) is 1.97. The van der Waals surface area contributed by atoms with E-state index in [-0.39, 0.29) is 5.91 Å². The molecule has 0 unspecified atom stereocenters. The highest BCUT2D eigenvalue weighted by Gasteiger charge is 2.06. The van der Waals surface area contributed by atoms with E-state index >= 15 is 0 Å². The molecule has 0 aliphatic rings. The summed E-state index contributed by atoms with van der Waals surface area (Å²) in [5, 5.41) is 2.79. The second-order valence-electron chi connectivity index (χ2n) is 4.86. The molecule has 0 aliphatic heterocycles. The molecule has 2 rings (SSSR count). The SMILES string of the molecule is COC(=O)c1ccc(NC(=O)CCc2ccc(N)cc2)cc1. The van der Waals surface area contributed by atoms with Crippen LogP contribution in [-0.4, -0.2) is 19.0 Å². The summed E-state index contributed by atoms with van der Waals surface area (Å²) in [6.07, 6.45) is 1.02. The quantitative estimate of drug-likeness (QED) is 0.656. The van der Waals surface area contributed by atoms with Gasteiger partial charge in [0.1, 0.15) is 0 Å². The van der Waals surface area contributed by atoms with E-state index in [0.717, 1.165) is 5.56 Å². The number of rotatable bonds is 5. The zero-order valence-corrected chi connectivity index (χ0v) is 12.3. The Balaban J connectivity index is 1.86. The molecule has 5 nitrogen and oxygen atoms in total. The lowest BCUT2D eigenvalue weighted by molar-refractivity contribution is -0.116. The standard InChI is InChI=1S/C17H18N2O3/c1-22-17(21)13-5-9-15(10-6-13)19-16(20)11-4-12-2-7-14(18)8-3-12/h2-3,5-10H,4,11,18H2,1H3,(H,19,20). The lowest BCUT2D eigenvalue weighted by Crippen LogP contribution is -2.12. The number of ether oxygens (including phenoxy) is 1. The predicted octanol–water partition coefficient (Wildman–Crippen LogP) is 2.63.